The quantitative estimate of drug-likeness (QED) is 0.776. The molecule has 1 aliphatic rings. The number of aryl methyl sites for hydroxylation is 1. The SMILES string of the molecule is CCOC(=O)[C@H]1CS[C@@H](CC(=O)Nc2ccc(C)c(Cl)c2)C(=O)N1. The number of thioether (sulfide) groups is 1. The van der Waals surface area contributed by atoms with Gasteiger partial charge in [0.15, 0.2) is 0 Å². The third-order valence-corrected chi connectivity index (χ3v) is 5.19. The average molecular weight is 371 g/mol. The van der Waals surface area contributed by atoms with Gasteiger partial charge in [0.2, 0.25) is 11.8 Å². The summed E-state index contributed by atoms with van der Waals surface area (Å²) in [6.07, 6.45) is 0.0253. The van der Waals surface area contributed by atoms with Gasteiger partial charge in [0.25, 0.3) is 0 Å². The molecule has 1 aromatic rings. The van der Waals surface area contributed by atoms with E-state index in [-0.39, 0.29) is 24.8 Å². The van der Waals surface area contributed by atoms with E-state index in [0.29, 0.717) is 16.5 Å². The van der Waals surface area contributed by atoms with E-state index in [0.717, 1.165) is 5.56 Å². The van der Waals surface area contributed by atoms with Gasteiger partial charge in [0.1, 0.15) is 6.04 Å². The van der Waals surface area contributed by atoms with E-state index >= 15 is 0 Å². The zero-order chi connectivity index (χ0) is 17.7. The summed E-state index contributed by atoms with van der Waals surface area (Å²) < 4.78 is 4.89. The first-order chi connectivity index (χ1) is 11.4. The van der Waals surface area contributed by atoms with E-state index in [4.69, 9.17) is 16.3 Å². The van der Waals surface area contributed by atoms with Crippen LogP contribution in [0.15, 0.2) is 18.2 Å². The van der Waals surface area contributed by atoms with Gasteiger partial charge in [0, 0.05) is 22.9 Å². The largest absolute Gasteiger partial charge is 0.464 e. The summed E-state index contributed by atoms with van der Waals surface area (Å²) in [5, 5.41) is 5.36. The van der Waals surface area contributed by atoms with E-state index < -0.39 is 17.3 Å². The molecule has 6 nitrogen and oxygen atoms in total. The van der Waals surface area contributed by atoms with Crippen molar-refractivity contribution in [1.29, 1.82) is 0 Å². The Morgan fingerprint density at radius 1 is 1.46 bits per heavy atom. The van der Waals surface area contributed by atoms with Gasteiger partial charge in [-0.05, 0) is 31.5 Å². The molecule has 0 aliphatic carbocycles. The van der Waals surface area contributed by atoms with E-state index in [9.17, 15) is 14.4 Å². The monoisotopic (exact) mass is 370 g/mol. The second kappa shape index (κ2) is 8.39. The Kier molecular flexibility index (Phi) is 6.51. The summed E-state index contributed by atoms with van der Waals surface area (Å²) in [5.74, 6) is -0.673. The number of halogens is 1. The van der Waals surface area contributed by atoms with Crippen LogP contribution in [0.2, 0.25) is 5.02 Å². The van der Waals surface area contributed by atoms with Crippen LogP contribution in [-0.2, 0) is 19.1 Å². The maximum absolute atomic E-state index is 12.1. The van der Waals surface area contributed by atoms with E-state index in [1.807, 2.05) is 13.0 Å². The summed E-state index contributed by atoms with van der Waals surface area (Å²) in [6.45, 7) is 3.85. The summed E-state index contributed by atoms with van der Waals surface area (Å²) in [6, 6.07) is 4.57. The predicted octanol–water partition coefficient (Wildman–Crippen LogP) is 2.14. The molecule has 0 radical (unpaired) electrons. The second-order valence-corrected chi connectivity index (χ2v) is 6.99. The third kappa shape index (κ3) is 4.88. The van der Waals surface area contributed by atoms with Crippen molar-refractivity contribution in [3.05, 3.63) is 28.8 Å². The van der Waals surface area contributed by atoms with Crippen LogP contribution >= 0.6 is 23.4 Å². The molecule has 2 atom stereocenters. The van der Waals surface area contributed by atoms with Gasteiger partial charge in [-0.1, -0.05) is 17.7 Å². The van der Waals surface area contributed by atoms with Gasteiger partial charge in [-0.3, -0.25) is 9.59 Å². The van der Waals surface area contributed by atoms with Crippen molar-refractivity contribution in [2.45, 2.75) is 31.6 Å². The molecule has 2 N–H and O–H groups in total. The highest BCUT2D eigenvalue weighted by Gasteiger charge is 2.34. The van der Waals surface area contributed by atoms with E-state index in [1.54, 1.807) is 19.1 Å². The van der Waals surface area contributed by atoms with Crippen molar-refractivity contribution in [3.63, 3.8) is 0 Å². The number of amides is 2. The summed E-state index contributed by atoms with van der Waals surface area (Å²) in [5.41, 5.74) is 1.50. The van der Waals surface area contributed by atoms with Crippen LogP contribution in [0.4, 0.5) is 5.69 Å². The molecule has 1 aliphatic heterocycles. The highest BCUT2D eigenvalue weighted by Crippen LogP contribution is 2.23. The minimum Gasteiger partial charge on any atom is -0.464 e. The second-order valence-electron chi connectivity index (χ2n) is 5.35. The van der Waals surface area contributed by atoms with Crippen LogP contribution in [0.1, 0.15) is 18.9 Å². The van der Waals surface area contributed by atoms with E-state index in [2.05, 4.69) is 10.6 Å². The lowest BCUT2D eigenvalue weighted by Crippen LogP contribution is -2.51. The highest BCUT2D eigenvalue weighted by atomic mass is 35.5. The van der Waals surface area contributed by atoms with Crippen LogP contribution in [0.3, 0.4) is 0 Å². The van der Waals surface area contributed by atoms with Crippen LogP contribution in [0.25, 0.3) is 0 Å². The maximum Gasteiger partial charge on any atom is 0.329 e. The number of benzene rings is 1. The number of carbonyl (C=O) groups is 3. The maximum atomic E-state index is 12.1. The number of esters is 1. The van der Waals surface area contributed by atoms with Gasteiger partial charge in [0.05, 0.1) is 11.9 Å². The zero-order valence-electron chi connectivity index (χ0n) is 13.4. The summed E-state index contributed by atoms with van der Waals surface area (Å²) >= 11 is 7.30. The van der Waals surface area contributed by atoms with Crippen LogP contribution in [-0.4, -0.2) is 41.4 Å². The fourth-order valence-electron chi connectivity index (χ4n) is 2.17. The van der Waals surface area contributed by atoms with Crippen LogP contribution < -0.4 is 10.6 Å². The number of carbonyl (C=O) groups excluding carboxylic acids is 3. The first kappa shape index (κ1) is 18.6. The molecule has 1 fully saturated rings. The molecule has 0 unspecified atom stereocenters. The van der Waals surface area contributed by atoms with Gasteiger partial charge in [-0.15, -0.1) is 11.8 Å². The van der Waals surface area contributed by atoms with Crippen molar-refractivity contribution < 1.29 is 19.1 Å². The average Bonchev–Trinajstić information content (AvgIpc) is 2.53. The summed E-state index contributed by atoms with van der Waals surface area (Å²) in [4.78, 5) is 35.8. The minimum absolute atomic E-state index is 0.0253. The van der Waals surface area contributed by atoms with Crippen molar-refractivity contribution >= 4 is 46.8 Å². The molecule has 0 aromatic heterocycles. The molecule has 130 valence electrons. The molecule has 1 heterocycles. The zero-order valence-corrected chi connectivity index (χ0v) is 15.0. The van der Waals surface area contributed by atoms with Crippen LogP contribution in [0, 0.1) is 6.92 Å². The Bertz CT molecular complexity index is 653. The molecule has 24 heavy (non-hydrogen) atoms. The highest BCUT2D eigenvalue weighted by molar-refractivity contribution is 8.00. The van der Waals surface area contributed by atoms with Gasteiger partial charge in [-0.2, -0.15) is 0 Å². The third-order valence-electron chi connectivity index (χ3n) is 3.47. The van der Waals surface area contributed by atoms with Crippen molar-refractivity contribution in [3.8, 4) is 0 Å². The number of anilines is 1. The van der Waals surface area contributed by atoms with Crippen LogP contribution in [0.5, 0.6) is 0 Å². The summed E-state index contributed by atoms with van der Waals surface area (Å²) in [7, 11) is 0. The van der Waals surface area contributed by atoms with E-state index in [1.165, 1.54) is 11.8 Å². The fourth-order valence-corrected chi connectivity index (χ4v) is 3.48. The fraction of sp³-hybridized carbons (Fsp3) is 0.438. The smallest absolute Gasteiger partial charge is 0.329 e. The molecular weight excluding hydrogens is 352 g/mol. The Labute approximate surface area is 149 Å². The Balaban J connectivity index is 1.87. The van der Waals surface area contributed by atoms with Gasteiger partial charge < -0.3 is 15.4 Å². The Hall–Kier alpha value is -1.73. The lowest BCUT2D eigenvalue weighted by Gasteiger charge is -2.27. The molecule has 2 amide bonds. The molecule has 1 aromatic carbocycles. The van der Waals surface area contributed by atoms with Gasteiger partial charge in [-0.25, -0.2) is 4.79 Å². The standard InChI is InChI=1S/C16H19ClN2O4S/c1-3-23-16(22)12-8-24-13(15(21)19-12)7-14(20)18-10-5-4-9(2)11(17)6-10/h4-6,12-13H,3,7-8H2,1-2H3,(H,18,20)(H,19,21)/t12-,13+/m1/s1. The topological polar surface area (TPSA) is 84.5 Å². The minimum atomic E-state index is -0.655. The molecule has 8 heteroatoms. The van der Waals surface area contributed by atoms with Gasteiger partial charge >= 0.3 is 5.97 Å². The Morgan fingerprint density at radius 3 is 2.83 bits per heavy atom. The molecule has 0 spiro atoms. The van der Waals surface area contributed by atoms with Crippen molar-refractivity contribution in [1.82, 2.24) is 5.32 Å². The predicted molar refractivity (Wildman–Crippen MR) is 94.2 cm³/mol. The molecular formula is C16H19ClN2O4S. The lowest BCUT2D eigenvalue weighted by molar-refractivity contribution is -0.146. The first-order valence-electron chi connectivity index (χ1n) is 7.55. The Morgan fingerprint density at radius 2 is 2.21 bits per heavy atom. The molecule has 2 rings (SSSR count). The van der Waals surface area contributed by atoms with Crippen molar-refractivity contribution in [2.24, 2.45) is 0 Å². The number of nitrogens with one attached hydrogen (secondary N) is 2. The lowest BCUT2D eigenvalue weighted by atomic mass is 10.2. The first-order valence-corrected chi connectivity index (χ1v) is 8.98. The normalized spacial score (nSPS) is 20.2. The molecule has 0 saturated carbocycles. The molecule has 0 bridgehead atoms. The number of hydrogen-bond acceptors (Lipinski definition) is 5. The molecule has 1 saturated heterocycles. The number of ether oxygens (including phenoxy) is 1. The number of rotatable bonds is 5. The van der Waals surface area contributed by atoms with Crippen molar-refractivity contribution in [2.75, 3.05) is 17.7 Å². The number of hydrogen-bond donors (Lipinski definition) is 2.